The van der Waals surface area contributed by atoms with Crippen molar-refractivity contribution >= 4 is 17.3 Å². The van der Waals surface area contributed by atoms with Crippen LogP contribution in [0.15, 0.2) is 12.1 Å². The molecule has 24 heavy (non-hydrogen) atoms. The fourth-order valence-electron chi connectivity index (χ4n) is 5.46. The molecule has 0 atom stereocenters. The third-order valence-corrected chi connectivity index (χ3v) is 7.24. The number of carbonyl (C=O) groups is 1. The summed E-state index contributed by atoms with van der Waals surface area (Å²) in [5.74, 6) is 1.15. The van der Waals surface area contributed by atoms with E-state index in [4.69, 9.17) is 0 Å². The Morgan fingerprint density at radius 3 is 2.33 bits per heavy atom. The molecule has 1 aromatic rings. The summed E-state index contributed by atoms with van der Waals surface area (Å²) in [4.78, 5) is 15.0. The number of hydrogen-bond donors (Lipinski definition) is 1. The van der Waals surface area contributed by atoms with Crippen molar-refractivity contribution < 1.29 is 4.79 Å². The van der Waals surface area contributed by atoms with E-state index in [1.54, 1.807) is 0 Å². The van der Waals surface area contributed by atoms with Gasteiger partial charge in [0.1, 0.15) is 0 Å². The molecule has 1 N–H and O–H groups in total. The van der Waals surface area contributed by atoms with Gasteiger partial charge in [0, 0.05) is 30.9 Å². The van der Waals surface area contributed by atoms with Crippen LogP contribution in [0.25, 0.3) is 0 Å². The average molecular weight is 324 g/mol. The molecule has 4 saturated carbocycles. The van der Waals surface area contributed by atoms with Crippen molar-refractivity contribution in [1.82, 2.24) is 0 Å². The van der Waals surface area contributed by atoms with Crippen LogP contribution < -0.4 is 10.2 Å². The molecule has 0 aromatic heterocycles. The van der Waals surface area contributed by atoms with Gasteiger partial charge in [0.05, 0.1) is 0 Å². The van der Waals surface area contributed by atoms with Gasteiger partial charge in [-0.1, -0.05) is 0 Å². The number of nitrogens with one attached hydrogen (secondary N) is 1. The van der Waals surface area contributed by atoms with Gasteiger partial charge in [0.2, 0.25) is 5.91 Å². The normalized spacial score (nSPS) is 31.6. The molecule has 1 heterocycles. The molecule has 1 spiro atoms. The van der Waals surface area contributed by atoms with Gasteiger partial charge in [-0.25, -0.2) is 0 Å². The van der Waals surface area contributed by atoms with Crippen LogP contribution in [0.4, 0.5) is 11.4 Å². The van der Waals surface area contributed by atoms with Crippen molar-refractivity contribution in [3.05, 3.63) is 23.3 Å². The Balaban J connectivity index is 1.30. The first-order valence-corrected chi connectivity index (χ1v) is 9.62. The largest absolute Gasteiger partial charge is 0.371 e. The predicted octanol–water partition coefficient (Wildman–Crippen LogP) is 4.42. The van der Waals surface area contributed by atoms with Crippen molar-refractivity contribution in [2.24, 2.45) is 16.7 Å². The molecule has 1 aromatic carbocycles. The van der Waals surface area contributed by atoms with E-state index in [0.717, 1.165) is 18.0 Å². The Labute approximate surface area is 144 Å². The lowest BCUT2D eigenvalue weighted by atomic mass is 9.43. The van der Waals surface area contributed by atoms with E-state index >= 15 is 0 Å². The minimum atomic E-state index is 0.213. The van der Waals surface area contributed by atoms with Crippen LogP contribution in [0, 0.1) is 30.6 Å². The highest BCUT2D eigenvalue weighted by Gasteiger charge is 2.57. The fraction of sp³-hybridized carbons (Fsp3) is 0.667. The number of hydrogen-bond acceptors (Lipinski definition) is 2. The van der Waals surface area contributed by atoms with Gasteiger partial charge >= 0.3 is 0 Å². The first kappa shape index (κ1) is 14.8. The molecule has 5 aliphatic rings. The van der Waals surface area contributed by atoms with Gasteiger partial charge in [-0.05, 0) is 92.4 Å². The molecule has 5 fully saturated rings. The summed E-state index contributed by atoms with van der Waals surface area (Å²) in [6.07, 6.45) is 8.76. The van der Waals surface area contributed by atoms with Crippen LogP contribution in [0.2, 0.25) is 0 Å². The van der Waals surface area contributed by atoms with Crippen molar-refractivity contribution in [2.75, 3.05) is 23.3 Å². The Hall–Kier alpha value is -1.51. The third-order valence-electron chi connectivity index (χ3n) is 7.24. The Morgan fingerprint density at radius 1 is 1.17 bits per heavy atom. The molecule has 1 aliphatic heterocycles. The van der Waals surface area contributed by atoms with E-state index in [0.29, 0.717) is 10.8 Å². The van der Waals surface area contributed by atoms with E-state index in [9.17, 15) is 4.79 Å². The first-order chi connectivity index (χ1) is 11.5. The van der Waals surface area contributed by atoms with Gasteiger partial charge in [-0.15, -0.1) is 0 Å². The molecule has 6 rings (SSSR count). The van der Waals surface area contributed by atoms with E-state index in [1.807, 2.05) is 0 Å². The molecule has 1 saturated heterocycles. The van der Waals surface area contributed by atoms with Crippen molar-refractivity contribution in [2.45, 2.75) is 58.8 Å². The lowest BCUT2D eigenvalue weighted by Gasteiger charge is -2.61. The summed E-state index contributed by atoms with van der Waals surface area (Å²) < 4.78 is 0. The highest BCUT2D eigenvalue weighted by molar-refractivity contribution is 5.93. The molecule has 4 aliphatic carbocycles. The molecule has 2 bridgehead atoms. The second kappa shape index (κ2) is 4.77. The summed E-state index contributed by atoms with van der Waals surface area (Å²) in [6.45, 7) is 6.68. The molecular formula is C21H28N2O. The fourth-order valence-corrected chi connectivity index (χ4v) is 5.46. The number of amides is 1. The van der Waals surface area contributed by atoms with Crippen LogP contribution in [-0.4, -0.2) is 19.0 Å². The lowest BCUT2D eigenvalue weighted by molar-refractivity contribution is -0.139. The van der Waals surface area contributed by atoms with E-state index in [1.165, 1.54) is 68.4 Å². The number of anilines is 2. The minimum Gasteiger partial charge on any atom is -0.371 e. The summed E-state index contributed by atoms with van der Waals surface area (Å²) in [5, 5.41) is 3.22. The van der Waals surface area contributed by atoms with Crippen molar-refractivity contribution in [3.8, 4) is 0 Å². The minimum absolute atomic E-state index is 0.213. The van der Waals surface area contributed by atoms with Gasteiger partial charge in [0.25, 0.3) is 0 Å². The van der Waals surface area contributed by atoms with Gasteiger partial charge in [0.15, 0.2) is 0 Å². The highest BCUT2D eigenvalue weighted by atomic mass is 16.1. The van der Waals surface area contributed by atoms with Crippen LogP contribution in [0.5, 0.6) is 0 Å². The molecular weight excluding hydrogens is 296 g/mol. The van der Waals surface area contributed by atoms with Crippen LogP contribution in [0.1, 0.15) is 56.1 Å². The monoisotopic (exact) mass is 324 g/mol. The summed E-state index contributed by atoms with van der Waals surface area (Å²) >= 11 is 0. The zero-order valence-electron chi connectivity index (χ0n) is 15.0. The standard InChI is InChI=1S/C21H28N2O/c1-14-7-17(23-6-5-20(13-23)3-4-20)8-15(2)19(14)22-18(24)12-21-9-16(10-21)11-21/h7-8,16H,3-6,9-13H2,1-2H3,(H,22,24). The first-order valence-electron chi connectivity index (χ1n) is 9.62. The average Bonchev–Trinajstić information content (AvgIpc) is 3.06. The van der Waals surface area contributed by atoms with Crippen LogP contribution in [0.3, 0.4) is 0 Å². The van der Waals surface area contributed by atoms with Gasteiger partial charge in [-0.2, -0.15) is 0 Å². The topological polar surface area (TPSA) is 32.3 Å². The quantitative estimate of drug-likeness (QED) is 0.889. The van der Waals surface area contributed by atoms with E-state index < -0.39 is 0 Å². The smallest absolute Gasteiger partial charge is 0.224 e. The predicted molar refractivity (Wildman–Crippen MR) is 97.4 cm³/mol. The molecule has 0 radical (unpaired) electrons. The molecule has 1 amide bonds. The molecule has 0 unspecified atom stereocenters. The molecule has 128 valence electrons. The molecule has 3 heteroatoms. The Morgan fingerprint density at radius 2 is 1.83 bits per heavy atom. The Kier molecular flexibility index (Phi) is 2.94. The van der Waals surface area contributed by atoms with Gasteiger partial charge in [-0.3, -0.25) is 4.79 Å². The van der Waals surface area contributed by atoms with Gasteiger partial charge < -0.3 is 10.2 Å². The van der Waals surface area contributed by atoms with E-state index in [-0.39, 0.29) is 5.91 Å². The number of benzene rings is 1. The van der Waals surface area contributed by atoms with Crippen molar-refractivity contribution in [1.29, 1.82) is 0 Å². The number of rotatable bonds is 4. The van der Waals surface area contributed by atoms with E-state index in [2.05, 4.69) is 36.2 Å². The highest BCUT2D eigenvalue weighted by Crippen LogP contribution is 2.66. The van der Waals surface area contributed by atoms with Crippen LogP contribution in [-0.2, 0) is 4.79 Å². The second-order valence-corrected chi connectivity index (χ2v) is 9.33. The summed E-state index contributed by atoms with van der Waals surface area (Å²) in [6, 6.07) is 4.54. The Bertz CT molecular complexity index is 679. The van der Waals surface area contributed by atoms with Crippen LogP contribution >= 0.6 is 0 Å². The van der Waals surface area contributed by atoms with Crippen molar-refractivity contribution in [3.63, 3.8) is 0 Å². The SMILES string of the molecule is Cc1cc(N2CCC3(CC3)C2)cc(C)c1NC(=O)CC12CC(C1)C2. The second-order valence-electron chi connectivity index (χ2n) is 9.33. The zero-order chi connectivity index (χ0) is 16.5. The number of nitrogens with zero attached hydrogens (tertiary/aromatic N) is 1. The third kappa shape index (κ3) is 2.28. The maximum atomic E-state index is 12.5. The summed E-state index contributed by atoms with van der Waals surface area (Å²) in [5.41, 5.74) is 5.81. The summed E-state index contributed by atoms with van der Waals surface area (Å²) in [7, 11) is 0. The molecule has 3 nitrogen and oxygen atoms in total. The number of carbonyl (C=O) groups excluding carboxylic acids is 1. The number of aryl methyl sites for hydroxylation is 2. The lowest BCUT2D eigenvalue weighted by Crippen LogP contribution is -2.53. The maximum absolute atomic E-state index is 12.5. The maximum Gasteiger partial charge on any atom is 0.224 e. The zero-order valence-corrected chi connectivity index (χ0v) is 15.0.